The average Bonchev–Trinajstić information content (AvgIpc) is 2.39. The molecule has 100 valence electrons. The molecular weight excluding hydrogens is 220 g/mol. The zero-order chi connectivity index (χ0) is 13.1. The van der Waals surface area contributed by atoms with Gasteiger partial charge in [-0.3, -0.25) is 0 Å². The maximum absolute atomic E-state index is 10.5. The van der Waals surface area contributed by atoms with Crippen LogP contribution in [0.3, 0.4) is 0 Å². The molecule has 1 fully saturated rings. The quantitative estimate of drug-likeness (QED) is 0.821. The minimum atomic E-state index is -0.265. The van der Waals surface area contributed by atoms with Crippen LogP contribution in [0.15, 0.2) is 24.3 Å². The minimum Gasteiger partial charge on any atom is -0.388 e. The first kappa shape index (κ1) is 13.6. The first-order chi connectivity index (χ1) is 8.58. The molecule has 0 heterocycles. The molecule has 1 aromatic rings. The van der Waals surface area contributed by atoms with Crippen molar-refractivity contribution in [3.05, 3.63) is 35.4 Å². The van der Waals surface area contributed by atoms with E-state index in [4.69, 9.17) is 0 Å². The normalized spacial score (nSPS) is 26.3. The number of aliphatic hydroxyl groups is 1. The maximum Gasteiger partial charge on any atom is 0.0818 e. The first-order valence-electron chi connectivity index (χ1n) is 7.36. The fourth-order valence-electron chi connectivity index (χ4n) is 2.95. The fourth-order valence-corrected chi connectivity index (χ4v) is 2.95. The van der Waals surface area contributed by atoms with Crippen LogP contribution in [-0.4, -0.2) is 5.11 Å². The van der Waals surface area contributed by atoms with Crippen molar-refractivity contribution in [2.24, 2.45) is 11.8 Å². The predicted molar refractivity (Wildman–Crippen MR) is 76.6 cm³/mol. The lowest BCUT2D eigenvalue weighted by molar-refractivity contribution is 0.0755. The number of rotatable bonds is 3. The highest BCUT2D eigenvalue weighted by Gasteiger charge is 2.25. The third kappa shape index (κ3) is 3.14. The summed E-state index contributed by atoms with van der Waals surface area (Å²) in [5.41, 5.74) is 2.45. The van der Waals surface area contributed by atoms with Crippen molar-refractivity contribution >= 4 is 0 Å². The van der Waals surface area contributed by atoms with E-state index >= 15 is 0 Å². The molecule has 1 N–H and O–H groups in total. The van der Waals surface area contributed by atoms with E-state index in [1.807, 2.05) is 0 Å². The second-order valence-corrected chi connectivity index (χ2v) is 6.29. The van der Waals surface area contributed by atoms with Gasteiger partial charge in [0.25, 0.3) is 0 Å². The van der Waals surface area contributed by atoms with Crippen LogP contribution in [0.1, 0.15) is 69.6 Å². The second-order valence-electron chi connectivity index (χ2n) is 6.29. The van der Waals surface area contributed by atoms with Crippen LogP contribution in [0, 0.1) is 11.8 Å². The van der Waals surface area contributed by atoms with E-state index in [0.717, 1.165) is 11.5 Å². The zero-order valence-electron chi connectivity index (χ0n) is 11.9. The molecule has 0 aliphatic heterocycles. The van der Waals surface area contributed by atoms with Gasteiger partial charge in [0.15, 0.2) is 0 Å². The summed E-state index contributed by atoms with van der Waals surface area (Å²) in [6, 6.07) is 8.54. The molecule has 1 unspecified atom stereocenters. The van der Waals surface area contributed by atoms with Gasteiger partial charge in [-0.15, -0.1) is 0 Å². The smallest absolute Gasteiger partial charge is 0.0818 e. The Balaban J connectivity index is 2.02. The Morgan fingerprint density at radius 3 is 1.94 bits per heavy atom. The average molecular weight is 246 g/mol. The zero-order valence-corrected chi connectivity index (χ0v) is 11.9. The maximum atomic E-state index is 10.5. The van der Waals surface area contributed by atoms with Gasteiger partial charge in [0, 0.05) is 0 Å². The summed E-state index contributed by atoms with van der Waals surface area (Å²) in [5.74, 6) is 1.87. The van der Waals surface area contributed by atoms with Crippen LogP contribution in [0.5, 0.6) is 0 Å². The molecule has 0 bridgehead atoms. The lowest BCUT2D eigenvalue weighted by atomic mass is 9.78. The fraction of sp³-hybridized carbons (Fsp3) is 0.647. The molecule has 1 saturated carbocycles. The van der Waals surface area contributed by atoms with E-state index in [0.29, 0.717) is 11.8 Å². The summed E-state index contributed by atoms with van der Waals surface area (Å²) in [7, 11) is 0. The van der Waals surface area contributed by atoms with Crippen molar-refractivity contribution in [1.29, 1.82) is 0 Å². The molecule has 0 amide bonds. The van der Waals surface area contributed by atoms with Crippen LogP contribution in [0.25, 0.3) is 0 Å². The van der Waals surface area contributed by atoms with Crippen LogP contribution >= 0.6 is 0 Å². The second kappa shape index (κ2) is 5.88. The van der Waals surface area contributed by atoms with Gasteiger partial charge in [-0.25, -0.2) is 0 Å². The summed E-state index contributed by atoms with van der Waals surface area (Å²) in [4.78, 5) is 0. The summed E-state index contributed by atoms with van der Waals surface area (Å²) < 4.78 is 0. The lowest BCUT2D eigenvalue weighted by Gasteiger charge is -2.30. The highest BCUT2D eigenvalue weighted by Crippen LogP contribution is 2.36. The van der Waals surface area contributed by atoms with Crippen molar-refractivity contribution in [3.63, 3.8) is 0 Å². The van der Waals surface area contributed by atoms with E-state index < -0.39 is 0 Å². The Kier molecular flexibility index (Phi) is 4.45. The summed E-state index contributed by atoms with van der Waals surface area (Å²) in [6.07, 6.45) is 4.62. The van der Waals surface area contributed by atoms with E-state index in [1.165, 1.54) is 31.2 Å². The van der Waals surface area contributed by atoms with Crippen molar-refractivity contribution in [1.82, 2.24) is 0 Å². The topological polar surface area (TPSA) is 20.2 Å². The summed E-state index contributed by atoms with van der Waals surface area (Å²) in [5, 5.41) is 10.5. The Bertz CT molecular complexity index is 358. The molecule has 1 heteroatoms. The van der Waals surface area contributed by atoms with Crippen molar-refractivity contribution in [2.45, 2.75) is 58.5 Å². The van der Waals surface area contributed by atoms with Gasteiger partial charge in [0.1, 0.15) is 0 Å². The number of aliphatic hydroxyl groups excluding tert-OH is 1. The predicted octanol–water partition coefficient (Wildman–Crippen LogP) is 4.67. The minimum absolute atomic E-state index is 0.265. The van der Waals surface area contributed by atoms with Gasteiger partial charge in [-0.05, 0) is 41.7 Å². The van der Waals surface area contributed by atoms with E-state index in [1.54, 1.807) is 0 Å². The molecule has 18 heavy (non-hydrogen) atoms. The molecule has 1 nitrogen and oxygen atoms in total. The lowest BCUT2D eigenvalue weighted by Crippen LogP contribution is -2.19. The standard InChI is InChI=1S/C17H26O/c1-12(2)14-8-10-16(11-9-14)17(18)15-6-4-13(3)5-7-15/h8-13,15,17-18H,4-7H2,1-3H3. The molecule has 1 atom stereocenters. The highest BCUT2D eigenvalue weighted by molar-refractivity contribution is 5.26. The van der Waals surface area contributed by atoms with E-state index in [-0.39, 0.29) is 6.10 Å². The first-order valence-corrected chi connectivity index (χ1v) is 7.36. The van der Waals surface area contributed by atoms with Crippen LogP contribution in [0.4, 0.5) is 0 Å². The van der Waals surface area contributed by atoms with Gasteiger partial charge in [-0.2, -0.15) is 0 Å². The van der Waals surface area contributed by atoms with Gasteiger partial charge in [-0.1, -0.05) is 57.9 Å². The van der Waals surface area contributed by atoms with Crippen LogP contribution in [-0.2, 0) is 0 Å². The van der Waals surface area contributed by atoms with Gasteiger partial charge in [0.05, 0.1) is 6.10 Å². The number of hydrogen-bond donors (Lipinski definition) is 1. The third-order valence-electron chi connectivity index (χ3n) is 4.45. The Labute approximate surface area is 111 Å². The molecule has 0 saturated heterocycles. The Hall–Kier alpha value is -0.820. The van der Waals surface area contributed by atoms with Crippen molar-refractivity contribution in [3.8, 4) is 0 Å². The molecular formula is C17H26O. The highest BCUT2D eigenvalue weighted by atomic mass is 16.3. The number of hydrogen-bond acceptors (Lipinski definition) is 1. The van der Waals surface area contributed by atoms with Crippen LogP contribution < -0.4 is 0 Å². The largest absolute Gasteiger partial charge is 0.388 e. The van der Waals surface area contributed by atoms with Crippen molar-refractivity contribution in [2.75, 3.05) is 0 Å². The third-order valence-corrected chi connectivity index (χ3v) is 4.45. The molecule has 1 aliphatic rings. The molecule has 1 aromatic carbocycles. The van der Waals surface area contributed by atoms with Gasteiger partial charge in [0.2, 0.25) is 0 Å². The molecule has 0 spiro atoms. The van der Waals surface area contributed by atoms with Crippen LogP contribution in [0.2, 0.25) is 0 Å². The summed E-state index contributed by atoms with van der Waals surface area (Å²) in [6.45, 7) is 6.72. The van der Waals surface area contributed by atoms with E-state index in [2.05, 4.69) is 45.0 Å². The van der Waals surface area contributed by atoms with E-state index in [9.17, 15) is 5.11 Å². The number of benzene rings is 1. The molecule has 0 aromatic heterocycles. The molecule has 2 rings (SSSR count). The monoisotopic (exact) mass is 246 g/mol. The Morgan fingerprint density at radius 2 is 1.44 bits per heavy atom. The van der Waals surface area contributed by atoms with Gasteiger partial charge >= 0.3 is 0 Å². The molecule has 1 aliphatic carbocycles. The summed E-state index contributed by atoms with van der Waals surface area (Å²) >= 11 is 0. The SMILES string of the molecule is CC1CCC(C(O)c2ccc(C(C)C)cc2)CC1. The molecule has 0 radical (unpaired) electrons. The van der Waals surface area contributed by atoms with Crippen molar-refractivity contribution < 1.29 is 5.11 Å². The van der Waals surface area contributed by atoms with Gasteiger partial charge < -0.3 is 5.11 Å². The Morgan fingerprint density at radius 1 is 0.944 bits per heavy atom.